The lowest BCUT2D eigenvalue weighted by Crippen LogP contribution is -2.43. The monoisotopic (exact) mass is 547 g/mol. The number of hydrogen-bond donors (Lipinski definition) is 0. The topological polar surface area (TPSA) is 93.0 Å². The van der Waals surface area contributed by atoms with E-state index in [0.717, 1.165) is 22.1 Å². The number of carbonyl (C=O) groups excluding carboxylic acids is 2. The van der Waals surface area contributed by atoms with Gasteiger partial charge in [-0.25, -0.2) is 4.39 Å². The molecule has 3 aromatic rings. The Bertz CT molecular complexity index is 1250. The molecular formula is C26H27ClFN3O5S. The van der Waals surface area contributed by atoms with E-state index in [4.69, 9.17) is 16.3 Å². The summed E-state index contributed by atoms with van der Waals surface area (Å²) in [5.74, 6) is -1.22. The van der Waals surface area contributed by atoms with Gasteiger partial charge in [-0.05, 0) is 60.2 Å². The van der Waals surface area contributed by atoms with E-state index in [-0.39, 0.29) is 47.6 Å². The Hall–Kier alpha value is -3.34. The number of amides is 2. The van der Waals surface area contributed by atoms with Crippen LogP contribution in [0.5, 0.6) is 0 Å². The molecule has 37 heavy (non-hydrogen) atoms. The van der Waals surface area contributed by atoms with E-state index in [2.05, 4.69) is 0 Å². The van der Waals surface area contributed by atoms with Crippen LogP contribution in [-0.4, -0.2) is 53.3 Å². The number of aryl methyl sites for hydroxylation is 1. The molecule has 2 amide bonds. The van der Waals surface area contributed by atoms with Crippen LogP contribution in [0, 0.1) is 22.9 Å². The molecule has 1 heterocycles. The Morgan fingerprint density at radius 1 is 1.11 bits per heavy atom. The summed E-state index contributed by atoms with van der Waals surface area (Å²) in [6, 6.07) is 11.7. The van der Waals surface area contributed by atoms with Crippen LogP contribution < -0.4 is 0 Å². The van der Waals surface area contributed by atoms with Crippen molar-refractivity contribution in [2.24, 2.45) is 0 Å². The zero-order valence-electron chi connectivity index (χ0n) is 20.5. The second-order valence-corrected chi connectivity index (χ2v) is 9.81. The molecule has 0 aliphatic rings. The molecule has 0 atom stereocenters. The van der Waals surface area contributed by atoms with Crippen LogP contribution in [0.3, 0.4) is 0 Å². The first kappa shape index (κ1) is 28.2. The molecule has 0 saturated heterocycles. The maximum atomic E-state index is 13.6. The van der Waals surface area contributed by atoms with Crippen molar-refractivity contribution in [3.05, 3.63) is 96.4 Å². The van der Waals surface area contributed by atoms with Gasteiger partial charge in [-0.1, -0.05) is 23.7 Å². The summed E-state index contributed by atoms with van der Waals surface area (Å²) in [6.45, 7) is 2.84. The molecule has 1 aromatic heterocycles. The largest absolute Gasteiger partial charge is 0.385 e. The van der Waals surface area contributed by atoms with Gasteiger partial charge < -0.3 is 14.5 Å². The molecule has 0 radical (unpaired) electrons. The van der Waals surface area contributed by atoms with Crippen molar-refractivity contribution in [1.29, 1.82) is 0 Å². The number of benzene rings is 2. The molecule has 2 aromatic carbocycles. The normalized spacial score (nSPS) is 10.8. The van der Waals surface area contributed by atoms with Crippen molar-refractivity contribution in [2.75, 3.05) is 26.8 Å². The van der Waals surface area contributed by atoms with Crippen LogP contribution in [0.1, 0.15) is 32.8 Å². The van der Waals surface area contributed by atoms with Gasteiger partial charge in [0.15, 0.2) is 0 Å². The van der Waals surface area contributed by atoms with E-state index in [0.29, 0.717) is 19.6 Å². The number of nitro groups is 1. The number of hydrogen-bond acceptors (Lipinski definition) is 6. The highest BCUT2D eigenvalue weighted by molar-refractivity contribution is 7.10. The zero-order valence-corrected chi connectivity index (χ0v) is 22.1. The van der Waals surface area contributed by atoms with E-state index in [1.807, 2.05) is 18.4 Å². The van der Waals surface area contributed by atoms with Gasteiger partial charge in [0.25, 0.3) is 11.6 Å². The van der Waals surface area contributed by atoms with Crippen molar-refractivity contribution in [1.82, 2.24) is 9.80 Å². The fourth-order valence-corrected chi connectivity index (χ4v) is 4.77. The van der Waals surface area contributed by atoms with Crippen molar-refractivity contribution in [2.45, 2.75) is 26.4 Å². The van der Waals surface area contributed by atoms with Crippen LogP contribution in [0.4, 0.5) is 10.1 Å². The van der Waals surface area contributed by atoms with E-state index in [1.165, 1.54) is 47.6 Å². The average Bonchev–Trinajstić information content (AvgIpc) is 3.28. The summed E-state index contributed by atoms with van der Waals surface area (Å²) in [7, 11) is 1.54. The molecule has 0 aliphatic heterocycles. The molecular weight excluding hydrogens is 521 g/mol. The molecule has 0 fully saturated rings. The third-order valence-corrected chi connectivity index (χ3v) is 7.05. The first-order valence-corrected chi connectivity index (χ1v) is 12.7. The molecule has 0 unspecified atom stereocenters. The fraction of sp³-hybridized carbons (Fsp3) is 0.308. The number of nitro benzene ring substituents is 1. The third-order valence-electron chi connectivity index (χ3n) is 5.72. The average molecular weight is 548 g/mol. The maximum Gasteiger partial charge on any atom is 0.288 e. The lowest BCUT2D eigenvalue weighted by Gasteiger charge is -2.28. The molecule has 8 nitrogen and oxygen atoms in total. The summed E-state index contributed by atoms with van der Waals surface area (Å²) >= 11 is 7.43. The van der Waals surface area contributed by atoms with Crippen LogP contribution in [-0.2, 0) is 22.6 Å². The molecule has 0 N–H and O–H groups in total. The highest BCUT2D eigenvalue weighted by Gasteiger charge is 2.25. The molecule has 0 aliphatic carbocycles. The molecule has 0 bridgehead atoms. The predicted octanol–water partition coefficient (Wildman–Crippen LogP) is 5.46. The van der Waals surface area contributed by atoms with Gasteiger partial charge in [-0.3, -0.25) is 19.7 Å². The summed E-state index contributed by atoms with van der Waals surface area (Å²) in [6.07, 6.45) is 0.465. The van der Waals surface area contributed by atoms with Gasteiger partial charge in [0.1, 0.15) is 17.4 Å². The summed E-state index contributed by atoms with van der Waals surface area (Å²) < 4.78 is 18.5. The first-order valence-electron chi connectivity index (χ1n) is 11.5. The van der Waals surface area contributed by atoms with Crippen molar-refractivity contribution >= 4 is 40.4 Å². The standard InChI is InChI=1S/C26H27ClFN3O5S/c1-18-10-13-37-24(18)16-30(15-19-4-7-21(28)8-5-19)25(32)17-29(11-3-12-36-2)26(33)20-6-9-22(27)23(14-20)31(34)35/h4-10,13-14H,3,11-12,15-17H2,1-2H3. The lowest BCUT2D eigenvalue weighted by atomic mass is 10.1. The number of carbonyl (C=O) groups is 2. The minimum atomic E-state index is -0.659. The molecule has 11 heteroatoms. The lowest BCUT2D eigenvalue weighted by molar-refractivity contribution is -0.384. The van der Waals surface area contributed by atoms with Crippen molar-refractivity contribution in [3.8, 4) is 0 Å². The second kappa shape index (κ2) is 13.3. The number of methoxy groups -OCH3 is 1. The Morgan fingerprint density at radius 2 is 1.84 bits per heavy atom. The molecule has 0 spiro atoms. The van der Waals surface area contributed by atoms with Gasteiger partial charge in [-0.15, -0.1) is 11.3 Å². The summed E-state index contributed by atoms with van der Waals surface area (Å²) in [5.41, 5.74) is 1.46. The van der Waals surface area contributed by atoms with E-state index < -0.39 is 10.8 Å². The zero-order chi connectivity index (χ0) is 26.9. The minimum absolute atomic E-state index is 0.0560. The number of rotatable bonds is 12. The third kappa shape index (κ3) is 7.82. The van der Waals surface area contributed by atoms with E-state index in [9.17, 15) is 24.1 Å². The van der Waals surface area contributed by atoms with E-state index in [1.54, 1.807) is 17.0 Å². The molecule has 3 rings (SSSR count). The number of halogens is 2. The van der Waals surface area contributed by atoms with Crippen molar-refractivity contribution < 1.29 is 23.6 Å². The van der Waals surface area contributed by atoms with Gasteiger partial charge in [0, 0.05) is 43.3 Å². The Balaban J connectivity index is 1.86. The van der Waals surface area contributed by atoms with Crippen LogP contribution in [0.25, 0.3) is 0 Å². The Kier molecular flexibility index (Phi) is 10.1. The molecule has 0 saturated carbocycles. The fourth-order valence-electron chi connectivity index (χ4n) is 3.67. The van der Waals surface area contributed by atoms with Crippen molar-refractivity contribution in [3.63, 3.8) is 0 Å². The number of ether oxygens (including phenoxy) is 1. The SMILES string of the molecule is COCCCN(CC(=O)N(Cc1ccc(F)cc1)Cc1sccc1C)C(=O)c1ccc(Cl)c([N+](=O)[O-])c1. The predicted molar refractivity (Wildman–Crippen MR) is 140 cm³/mol. The van der Waals surface area contributed by atoms with Crippen LogP contribution in [0.15, 0.2) is 53.9 Å². The van der Waals surface area contributed by atoms with E-state index >= 15 is 0 Å². The smallest absolute Gasteiger partial charge is 0.288 e. The van der Waals surface area contributed by atoms with Crippen LogP contribution in [0.2, 0.25) is 5.02 Å². The van der Waals surface area contributed by atoms with Gasteiger partial charge >= 0.3 is 0 Å². The highest BCUT2D eigenvalue weighted by Crippen LogP contribution is 2.26. The first-order chi connectivity index (χ1) is 17.7. The Morgan fingerprint density at radius 3 is 2.46 bits per heavy atom. The maximum absolute atomic E-state index is 13.6. The summed E-state index contributed by atoms with van der Waals surface area (Å²) in [4.78, 5) is 41.5. The highest BCUT2D eigenvalue weighted by atomic mass is 35.5. The summed E-state index contributed by atoms with van der Waals surface area (Å²) in [5, 5.41) is 13.2. The molecule has 196 valence electrons. The second-order valence-electron chi connectivity index (χ2n) is 8.40. The van der Waals surface area contributed by atoms with Gasteiger partial charge in [0.2, 0.25) is 5.91 Å². The number of nitrogens with zero attached hydrogens (tertiary/aromatic N) is 3. The van der Waals surface area contributed by atoms with Gasteiger partial charge in [-0.2, -0.15) is 0 Å². The minimum Gasteiger partial charge on any atom is -0.385 e. The quantitative estimate of drug-likeness (QED) is 0.170. The number of thiophene rings is 1. The Labute approximate surface area is 223 Å². The van der Waals surface area contributed by atoms with Gasteiger partial charge in [0.05, 0.1) is 11.5 Å². The van der Waals surface area contributed by atoms with Crippen LogP contribution >= 0.6 is 22.9 Å².